The number of hydrogen-bond donors (Lipinski definition) is 1. The first-order chi connectivity index (χ1) is 8.99. The zero-order valence-electron chi connectivity index (χ0n) is 9.84. The second-order valence-corrected chi connectivity index (χ2v) is 5.51. The molecule has 2 aromatic carbocycles. The van der Waals surface area contributed by atoms with Crippen molar-refractivity contribution in [1.29, 1.82) is 0 Å². The number of rotatable bonds is 3. The molecular formula is C14H11BrClF2N. The van der Waals surface area contributed by atoms with Gasteiger partial charge in [0.2, 0.25) is 0 Å². The van der Waals surface area contributed by atoms with Crippen molar-refractivity contribution < 1.29 is 8.78 Å². The van der Waals surface area contributed by atoms with Crippen molar-refractivity contribution >= 4 is 27.5 Å². The largest absolute Gasteiger partial charge is 0.323 e. The number of nitrogens with two attached hydrogens (primary N) is 1. The predicted octanol–water partition coefficient (Wildman–Crippen LogP) is 4.62. The Kier molecular flexibility index (Phi) is 4.55. The second kappa shape index (κ2) is 5.99. The summed E-state index contributed by atoms with van der Waals surface area (Å²) >= 11 is 9.04. The topological polar surface area (TPSA) is 26.0 Å². The third-order valence-electron chi connectivity index (χ3n) is 2.81. The first-order valence-corrected chi connectivity index (χ1v) is 6.79. The molecule has 0 amide bonds. The summed E-state index contributed by atoms with van der Waals surface area (Å²) in [6.07, 6.45) is 0.273. The van der Waals surface area contributed by atoms with E-state index >= 15 is 0 Å². The van der Waals surface area contributed by atoms with Gasteiger partial charge in [0.05, 0.1) is 0 Å². The molecule has 2 N–H and O–H groups in total. The Morgan fingerprint density at radius 2 is 1.74 bits per heavy atom. The summed E-state index contributed by atoms with van der Waals surface area (Å²) < 4.78 is 27.9. The third-order valence-corrected chi connectivity index (χ3v) is 3.64. The lowest BCUT2D eigenvalue weighted by Gasteiger charge is -2.15. The Morgan fingerprint density at radius 3 is 2.32 bits per heavy atom. The van der Waals surface area contributed by atoms with Crippen LogP contribution >= 0.6 is 27.5 Å². The third kappa shape index (κ3) is 3.32. The molecule has 1 nitrogen and oxygen atoms in total. The lowest BCUT2D eigenvalue weighted by molar-refractivity contribution is 0.523. The molecule has 1 unspecified atom stereocenters. The van der Waals surface area contributed by atoms with E-state index in [1.54, 1.807) is 18.2 Å². The molecule has 0 fully saturated rings. The van der Waals surface area contributed by atoms with Gasteiger partial charge in [-0.1, -0.05) is 45.7 Å². The van der Waals surface area contributed by atoms with E-state index in [1.165, 1.54) is 12.1 Å². The predicted molar refractivity (Wildman–Crippen MR) is 76.1 cm³/mol. The summed E-state index contributed by atoms with van der Waals surface area (Å²) in [5.41, 5.74) is 6.53. The van der Waals surface area contributed by atoms with Crippen LogP contribution < -0.4 is 5.73 Å². The van der Waals surface area contributed by atoms with Gasteiger partial charge in [0.25, 0.3) is 0 Å². The van der Waals surface area contributed by atoms with Gasteiger partial charge >= 0.3 is 0 Å². The fourth-order valence-corrected chi connectivity index (χ4v) is 2.53. The minimum atomic E-state index is -0.784. The summed E-state index contributed by atoms with van der Waals surface area (Å²) in [6.45, 7) is 0. The lowest BCUT2D eigenvalue weighted by Crippen LogP contribution is -2.17. The van der Waals surface area contributed by atoms with E-state index in [0.717, 1.165) is 5.56 Å². The van der Waals surface area contributed by atoms with Crippen LogP contribution in [0.1, 0.15) is 17.2 Å². The van der Waals surface area contributed by atoms with Gasteiger partial charge in [0.15, 0.2) is 0 Å². The molecule has 0 radical (unpaired) electrons. The molecule has 5 heteroatoms. The molecule has 0 spiro atoms. The first-order valence-electron chi connectivity index (χ1n) is 5.62. The van der Waals surface area contributed by atoms with Crippen molar-refractivity contribution in [2.75, 3.05) is 0 Å². The Bertz CT molecular complexity index is 581. The van der Waals surface area contributed by atoms with Crippen molar-refractivity contribution in [3.63, 3.8) is 0 Å². The van der Waals surface area contributed by atoms with E-state index in [0.29, 0.717) is 9.50 Å². The SMILES string of the molecule is NC(Cc1ccccc1Cl)c1c(F)cc(Br)cc1F. The molecule has 0 aliphatic rings. The second-order valence-electron chi connectivity index (χ2n) is 4.19. The fourth-order valence-electron chi connectivity index (χ4n) is 1.91. The van der Waals surface area contributed by atoms with Crippen LogP contribution in [0.5, 0.6) is 0 Å². The van der Waals surface area contributed by atoms with Gasteiger partial charge in [-0.05, 0) is 30.2 Å². The highest BCUT2D eigenvalue weighted by Crippen LogP contribution is 2.27. The van der Waals surface area contributed by atoms with Crippen LogP contribution in [0.25, 0.3) is 0 Å². The Hall–Kier alpha value is -0.970. The molecule has 0 aromatic heterocycles. The Labute approximate surface area is 123 Å². The molecule has 0 saturated carbocycles. The highest BCUT2D eigenvalue weighted by molar-refractivity contribution is 9.10. The van der Waals surface area contributed by atoms with Crippen LogP contribution in [0.4, 0.5) is 8.78 Å². The Morgan fingerprint density at radius 1 is 1.16 bits per heavy atom. The van der Waals surface area contributed by atoms with E-state index in [-0.39, 0.29) is 12.0 Å². The maximum absolute atomic E-state index is 13.8. The zero-order valence-corrected chi connectivity index (χ0v) is 12.2. The van der Waals surface area contributed by atoms with Gasteiger partial charge in [0.1, 0.15) is 11.6 Å². The summed E-state index contributed by atoms with van der Waals surface area (Å²) in [6, 6.07) is 8.72. The summed E-state index contributed by atoms with van der Waals surface area (Å²) in [7, 11) is 0. The quantitative estimate of drug-likeness (QED) is 0.862. The summed E-state index contributed by atoms with van der Waals surface area (Å²) in [5, 5.41) is 0.538. The van der Waals surface area contributed by atoms with Gasteiger partial charge in [0, 0.05) is 21.1 Å². The maximum Gasteiger partial charge on any atom is 0.132 e. The van der Waals surface area contributed by atoms with Gasteiger partial charge < -0.3 is 5.73 Å². The normalized spacial score (nSPS) is 12.5. The summed E-state index contributed by atoms with van der Waals surface area (Å²) in [5.74, 6) is -1.32. The molecule has 2 aromatic rings. The van der Waals surface area contributed by atoms with E-state index < -0.39 is 17.7 Å². The average Bonchev–Trinajstić information content (AvgIpc) is 2.30. The highest BCUT2D eigenvalue weighted by atomic mass is 79.9. The molecule has 100 valence electrons. The molecule has 1 atom stereocenters. The van der Waals surface area contributed by atoms with Crippen LogP contribution in [-0.2, 0) is 6.42 Å². The number of benzene rings is 2. The highest BCUT2D eigenvalue weighted by Gasteiger charge is 2.18. The van der Waals surface area contributed by atoms with Gasteiger partial charge in [-0.3, -0.25) is 0 Å². The fraction of sp³-hybridized carbons (Fsp3) is 0.143. The van der Waals surface area contributed by atoms with Gasteiger partial charge in [-0.2, -0.15) is 0 Å². The van der Waals surface area contributed by atoms with Crippen molar-refractivity contribution in [3.8, 4) is 0 Å². The van der Waals surface area contributed by atoms with Crippen molar-refractivity contribution in [1.82, 2.24) is 0 Å². The van der Waals surface area contributed by atoms with Crippen LogP contribution in [0.2, 0.25) is 5.02 Å². The minimum absolute atomic E-state index is 0.122. The monoisotopic (exact) mass is 345 g/mol. The molecule has 2 rings (SSSR count). The molecule has 19 heavy (non-hydrogen) atoms. The zero-order chi connectivity index (χ0) is 14.0. The number of hydrogen-bond acceptors (Lipinski definition) is 1. The Balaban J connectivity index is 2.31. The molecule has 0 aliphatic heterocycles. The summed E-state index contributed by atoms with van der Waals surface area (Å²) in [4.78, 5) is 0. The maximum atomic E-state index is 13.8. The van der Waals surface area contributed by atoms with Crippen LogP contribution in [0.3, 0.4) is 0 Å². The lowest BCUT2D eigenvalue weighted by atomic mass is 9.99. The smallest absolute Gasteiger partial charge is 0.132 e. The molecule has 0 bridgehead atoms. The van der Waals surface area contributed by atoms with E-state index in [9.17, 15) is 8.78 Å². The van der Waals surface area contributed by atoms with Crippen molar-refractivity contribution in [3.05, 3.63) is 68.7 Å². The van der Waals surface area contributed by atoms with Gasteiger partial charge in [-0.25, -0.2) is 8.78 Å². The van der Waals surface area contributed by atoms with E-state index in [1.807, 2.05) is 6.07 Å². The standard InChI is InChI=1S/C14H11BrClF2N/c15-9-6-11(17)14(12(18)7-9)13(19)5-8-3-1-2-4-10(8)16/h1-4,6-7,13H,5,19H2. The van der Waals surface area contributed by atoms with Crippen LogP contribution in [-0.4, -0.2) is 0 Å². The van der Waals surface area contributed by atoms with E-state index in [2.05, 4.69) is 15.9 Å². The van der Waals surface area contributed by atoms with Gasteiger partial charge in [-0.15, -0.1) is 0 Å². The minimum Gasteiger partial charge on any atom is -0.323 e. The van der Waals surface area contributed by atoms with Crippen molar-refractivity contribution in [2.24, 2.45) is 5.73 Å². The average molecular weight is 347 g/mol. The van der Waals surface area contributed by atoms with E-state index in [4.69, 9.17) is 17.3 Å². The van der Waals surface area contributed by atoms with Crippen molar-refractivity contribution in [2.45, 2.75) is 12.5 Å². The first kappa shape index (κ1) is 14.4. The number of halogens is 4. The van der Waals surface area contributed by atoms with Crippen LogP contribution in [0.15, 0.2) is 40.9 Å². The molecule has 0 aliphatic carbocycles. The molecule has 0 saturated heterocycles. The molecular weight excluding hydrogens is 336 g/mol. The molecule has 0 heterocycles. The van der Waals surface area contributed by atoms with Crippen LogP contribution in [0, 0.1) is 11.6 Å².